The molecule has 1 atom stereocenters. The summed E-state index contributed by atoms with van der Waals surface area (Å²) in [5.41, 5.74) is 1.71. The Morgan fingerprint density at radius 3 is 2.80 bits per heavy atom. The zero-order valence-corrected chi connectivity index (χ0v) is 11.7. The predicted octanol–water partition coefficient (Wildman–Crippen LogP) is 4.14. The molecule has 0 saturated carbocycles. The molecule has 2 rings (SSSR count). The van der Waals surface area contributed by atoms with E-state index >= 15 is 0 Å². The molecule has 1 aromatic rings. The van der Waals surface area contributed by atoms with E-state index in [1.54, 1.807) is 11.3 Å². The fourth-order valence-electron chi connectivity index (χ4n) is 2.64. The van der Waals surface area contributed by atoms with Gasteiger partial charge in [-0.25, -0.2) is 0 Å². The van der Waals surface area contributed by atoms with Gasteiger partial charge in [0.1, 0.15) is 0 Å². The van der Waals surface area contributed by atoms with Crippen LogP contribution in [0.3, 0.4) is 0 Å². The van der Waals surface area contributed by atoms with Crippen molar-refractivity contribution < 1.29 is 0 Å². The fraction of sp³-hybridized carbons (Fsp3) is 0.667. The number of halogens is 1. The molecular formula is C12H18BrNS. The minimum Gasteiger partial charge on any atom is -0.307 e. The number of hydrogen-bond donors (Lipinski definition) is 1. The summed E-state index contributed by atoms with van der Waals surface area (Å²) >= 11 is 5.46. The minimum atomic E-state index is 0.243. The van der Waals surface area contributed by atoms with Gasteiger partial charge in [0.15, 0.2) is 0 Å². The summed E-state index contributed by atoms with van der Waals surface area (Å²) in [5, 5.41) is 8.21. The van der Waals surface area contributed by atoms with E-state index in [0.29, 0.717) is 0 Å². The zero-order chi connectivity index (χ0) is 10.9. The van der Waals surface area contributed by atoms with E-state index in [1.807, 2.05) is 0 Å². The summed E-state index contributed by atoms with van der Waals surface area (Å²) in [6, 6.07) is 0. The monoisotopic (exact) mass is 287 g/mol. The summed E-state index contributed by atoms with van der Waals surface area (Å²) in [6.45, 7) is 5.78. The summed E-state index contributed by atoms with van der Waals surface area (Å²) in [4.78, 5) is 0. The van der Waals surface area contributed by atoms with Gasteiger partial charge in [-0.1, -0.05) is 13.8 Å². The van der Waals surface area contributed by atoms with Crippen LogP contribution in [0.25, 0.3) is 0 Å². The maximum Gasteiger partial charge on any atom is 0.0457 e. The summed E-state index contributed by atoms with van der Waals surface area (Å²) in [7, 11) is 0. The Morgan fingerprint density at radius 1 is 1.53 bits per heavy atom. The van der Waals surface area contributed by atoms with Gasteiger partial charge in [-0.2, -0.15) is 11.3 Å². The third-order valence-electron chi connectivity index (χ3n) is 3.13. The van der Waals surface area contributed by atoms with Gasteiger partial charge in [0, 0.05) is 15.4 Å². The van der Waals surface area contributed by atoms with Gasteiger partial charge in [0.05, 0.1) is 0 Å². The standard InChI is InChI=1S/C12H18BrNS/c1-9(2)6-12(4-3-5-14-12)10-7-15-8-11(10)13/h7-9,14H,3-6H2,1-2H3. The molecule has 0 amide bonds. The quantitative estimate of drug-likeness (QED) is 0.881. The van der Waals surface area contributed by atoms with Gasteiger partial charge in [0.2, 0.25) is 0 Å². The van der Waals surface area contributed by atoms with Crippen molar-refractivity contribution in [3.8, 4) is 0 Å². The maximum atomic E-state index is 3.72. The number of hydrogen-bond acceptors (Lipinski definition) is 2. The SMILES string of the molecule is CC(C)CC1(c2cscc2Br)CCCN1. The fourth-order valence-corrected chi connectivity index (χ4v) is 4.41. The van der Waals surface area contributed by atoms with Crippen molar-refractivity contribution in [2.45, 2.75) is 38.6 Å². The van der Waals surface area contributed by atoms with Gasteiger partial charge in [0.25, 0.3) is 0 Å². The second kappa shape index (κ2) is 4.56. The van der Waals surface area contributed by atoms with Crippen molar-refractivity contribution >= 4 is 27.3 Å². The van der Waals surface area contributed by atoms with Crippen LogP contribution in [0.2, 0.25) is 0 Å². The van der Waals surface area contributed by atoms with Crippen molar-refractivity contribution in [3.63, 3.8) is 0 Å². The molecule has 1 nitrogen and oxygen atoms in total. The molecule has 1 saturated heterocycles. The van der Waals surface area contributed by atoms with E-state index in [-0.39, 0.29) is 5.54 Å². The zero-order valence-electron chi connectivity index (χ0n) is 9.35. The molecule has 1 fully saturated rings. The Balaban J connectivity index is 2.30. The average molecular weight is 288 g/mol. The molecule has 1 unspecified atom stereocenters. The Kier molecular flexibility index (Phi) is 3.53. The lowest BCUT2D eigenvalue weighted by Crippen LogP contribution is -2.38. The molecule has 0 aliphatic carbocycles. The van der Waals surface area contributed by atoms with Crippen LogP contribution in [0.15, 0.2) is 15.2 Å². The van der Waals surface area contributed by atoms with E-state index in [0.717, 1.165) is 12.5 Å². The second-order valence-corrected chi connectivity index (χ2v) is 6.44. The second-order valence-electron chi connectivity index (χ2n) is 4.84. The highest BCUT2D eigenvalue weighted by Crippen LogP contribution is 2.41. The summed E-state index contributed by atoms with van der Waals surface area (Å²) < 4.78 is 1.28. The van der Waals surface area contributed by atoms with Crippen LogP contribution in [-0.2, 0) is 5.54 Å². The molecule has 1 aliphatic rings. The van der Waals surface area contributed by atoms with Crippen molar-refractivity contribution in [3.05, 3.63) is 20.8 Å². The predicted molar refractivity (Wildman–Crippen MR) is 70.4 cm³/mol. The smallest absolute Gasteiger partial charge is 0.0457 e. The summed E-state index contributed by atoms with van der Waals surface area (Å²) in [6.07, 6.45) is 3.82. The van der Waals surface area contributed by atoms with Crippen molar-refractivity contribution in [2.75, 3.05) is 6.54 Å². The molecule has 0 spiro atoms. The molecule has 0 radical (unpaired) electrons. The molecule has 1 aromatic heterocycles. The Hall–Kier alpha value is 0.140. The van der Waals surface area contributed by atoms with Crippen LogP contribution in [0.5, 0.6) is 0 Å². The van der Waals surface area contributed by atoms with Gasteiger partial charge in [-0.15, -0.1) is 0 Å². The maximum absolute atomic E-state index is 3.72. The lowest BCUT2D eigenvalue weighted by Gasteiger charge is -2.31. The Labute approximate surface area is 104 Å². The molecule has 0 aromatic carbocycles. The summed E-state index contributed by atoms with van der Waals surface area (Å²) in [5.74, 6) is 0.738. The Bertz CT molecular complexity index is 326. The van der Waals surface area contributed by atoms with E-state index in [1.165, 1.54) is 29.3 Å². The highest BCUT2D eigenvalue weighted by atomic mass is 79.9. The third kappa shape index (κ3) is 2.29. The minimum absolute atomic E-state index is 0.243. The largest absolute Gasteiger partial charge is 0.307 e. The van der Waals surface area contributed by atoms with Crippen molar-refractivity contribution in [2.24, 2.45) is 5.92 Å². The van der Waals surface area contributed by atoms with Gasteiger partial charge in [-0.05, 0) is 58.6 Å². The lowest BCUT2D eigenvalue weighted by molar-refractivity contribution is 0.310. The van der Waals surface area contributed by atoms with Gasteiger partial charge >= 0.3 is 0 Å². The Morgan fingerprint density at radius 2 is 2.33 bits per heavy atom. The first-order valence-corrected chi connectivity index (χ1v) is 7.35. The average Bonchev–Trinajstić information content (AvgIpc) is 2.73. The van der Waals surface area contributed by atoms with Crippen LogP contribution in [-0.4, -0.2) is 6.54 Å². The van der Waals surface area contributed by atoms with E-state index in [4.69, 9.17) is 0 Å². The van der Waals surface area contributed by atoms with Crippen LogP contribution in [0.4, 0.5) is 0 Å². The molecular weight excluding hydrogens is 270 g/mol. The third-order valence-corrected chi connectivity index (χ3v) is 4.83. The number of rotatable bonds is 3. The van der Waals surface area contributed by atoms with E-state index in [9.17, 15) is 0 Å². The number of thiophene rings is 1. The van der Waals surface area contributed by atoms with Gasteiger partial charge < -0.3 is 5.32 Å². The molecule has 15 heavy (non-hydrogen) atoms. The molecule has 0 bridgehead atoms. The van der Waals surface area contributed by atoms with Crippen LogP contribution in [0, 0.1) is 5.92 Å². The highest BCUT2D eigenvalue weighted by Gasteiger charge is 2.37. The van der Waals surface area contributed by atoms with Gasteiger partial charge in [-0.3, -0.25) is 0 Å². The van der Waals surface area contributed by atoms with E-state index < -0.39 is 0 Å². The molecule has 3 heteroatoms. The highest BCUT2D eigenvalue weighted by molar-refractivity contribution is 9.10. The molecule has 84 valence electrons. The van der Waals surface area contributed by atoms with Crippen LogP contribution < -0.4 is 5.32 Å². The topological polar surface area (TPSA) is 12.0 Å². The molecule has 1 N–H and O–H groups in total. The van der Waals surface area contributed by atoms with Crippen LogP contribution in [0.1, 0.15) is 38.7 Å². The first-order valence-electron chi connectivity index (χ1n) is 5.61. The lowest BCUT2D eigenvalue weighted by atomic mass is 9.83. The first-order chi connectivity index (χ1) is 7.14. The first kappa shape index (κ1) is 11.6. The normalized spacial score (nSPS) is 26.4. The molecule has 1 aliphatic heterocycles. The number of nitrogens with one attached hydrogen (secondary N) is 1. The van der Waals surface area contributed by atoms with Crippen LogP contribution >= 0.6 is 27.3 Å². The molecule has 2 heterocycles. The van der Waals surface area contributed by atoms with E-state index in [2.05, 4.69) is 45.9 Å². The van der Waals surface area contributed by atoms with Crippen molar-refractivity contribution in [1.29, 1.82) is 0 Å². The van der Waals surface area contributed by atoms with Crippen molar-refractivity contribution in [1.82, 2.24) is 5.32 Å².